The van der Waals surface area contributed by atoms with Crippen LogP contribution < -0.4 is 10.1 Å². The Morgan fingerprint density at radius 3 is 2.69 bits per heavy atom. The molecule has 0 bridgehead atoms. The molecule has 0 unspecified atom stereocenters. The van der Waals surface area contributed by atoms with E-state index in [1.54, 1.807) is 6.92 Å². The number of rotatable bonds is 7. The minimum atomic E-state index is -3.25. The first-order valence-corrected chi connectivity index (χ1v) is 11.0. The molecule has 0 aromatic carbocycles. The van der Waals surface area contributed by atoms with Gasteiger partial charge in [-0.2, -0.15) is 4.98 Å². The van der Waals surface area contributed by atoms with Gasteiger partial charge in [0.05, 0.1) is 0 Å². The summed E-state index contributed by atoms with van der Waals surface area (Å²) in [6, 6.07) is -0.468. The molecule has 1 atom stereocenters. The van der Waals surface area contributed by atoms with Gasteiger partial charge in [0.25, 0.3) is 5.91 Å². The largest absolute Gasteiger partial charge is 0.474 e. The standard InChI is InChI=1S/C17H22ClN3O4S/c1-10(5-6-26(2,23)24)20-16(22)14-9-19-15(11-3-4-11)21-17(14)25-13-7-12(18)8-13/h5-6,9-13H,3-4,7-8H2,1-2H3,(H,20,22)/b6-5+/t10-,12?,13?/m0/s1. The van der Waals surface area contributed by atoms with Gasteiger partial charge in [0.15, 0.2) is 9.84 Å². The van der Waals surface area contributed by atoms with Gasteiger partial charge in [-0.25, -0.2) is 13.4 Å². The van der Waals surface area contributed by atoms with E-state index in [2.05, 4.69) is 15.3 Å². The molecule has 142 valence electrons. The van der Waals surface area contributed by atoms with Crippen molar-refractivity contribution in [2.75, 3.05) is 6.26 Å². The molecule has 1 aromatic rings. The highest BCUT2D eigenvalue weighted by Crippen LogP contribution is 2.39. The molecule has 1 aromatic heterocycles. The van der Waals surface area contributed by atoms with Crippen molar-refractivity contribution in [2.45, 2.75) is 56.0 Å². The Morgan fingerprint density at radius 2 is 2.12 bits per heavy atom. The van der Waals surface area contributed by atoms with Gasteiger partial charge in [-0.15, -0.1) is 11.6 Å². The Bertz CT molecular complexity index is 817. The number of nitrogens with zero attached hydrogens (tertiary/aromatic N) is 2. The predicted molar refractivity (Wildman–Crippen MR) is 98.2 cm³/mol. The summed E-state index contributed by atoms with van der Waals surface area (Å²) in [5, 5.41) is 3.88. The average Bonchev–Trinajstić information content (AvgIpc) is 3.35. The van der Waals surface area contributed by atoms with Crippen LogP contribution >= 0.6 is 11.6 Å². The zero-order chi connectivity index (χ0) is 18.9. The SMILES string of the molecule is C[C@@H](/C=C/S(C)(=O)=O)NC(=O)c1cnc(C2CC2)nc1OC1CC(Cl)C1. The van der Waals surface area contributed by atoms with E-state index in [0.717, 1.165) is 37.3 Å². The van der Waals surface area contributed by atoms with E-state index in [1.165, 1.54) is 12.3 Å². The highest BCUT2D eigenvalue weighted by atomic mass is 35.5. The van der Waals surface area contributed by atoms with E-state index in [4.69, 9.17) is 16.3 Å². The quantitative estimate of drug-likeness (QED) is 0.705. The lowest BCUT2D eigenvalue weighted by Gasteiger charge is -2.31. The monoisotopic (exact) mass is 399 g/mol. The minimum absolute atomic E-state index is 0.0476. The van der Waals surface area contributed by atoms with Gasteiger partial charge >= 0.3 is 0 Å². The number of sulfone groups is 1. The Hall–Kier alpha value is -1.67. The summed E-state index contributed by atoms with van der Waals surface area (Å²) in [4.78, 5) is 21.3. The van der Waals surface area contributed by atoms with E-state index in [-0.39, 0.29) is 22.9 Å². The van der Waals surface area contributed by atoms with E-state index < -0.39 is 21.8 Å². The third-order valence-electron chi connectivity index (χ3n) is 4.25. The number of aromatic nitrogens is 2. The molecule has 0 aliphatic heterocycles. The van der Waals surface area contributed by atoms with Crippen molar-refractivity contribution in [3.8, 4) is 5.88 Å². The molecule has 7 nitrogen and oxygen atoms in total. The molecule has 1 heterocycles. The lowest BCUT2D eigenvalue weighted by molar-refractivity contribution is 0.0915. The van der Waals surface area contributed by atoms with E-state index in [9.17, 15) is 13.2 Å². The van der Waals surface area contributed by atoms with Crippen LogP contribution in [0.25, 0.3) is 0 Å². The number of amides is 1. The molecule has 3 rings (SSSR count). The molecular formula is C17H22ClN3O4S. The Balaban J connectivity index is 1.74. The fraction of sp³-hybridized carbons (Fsp3) is 0.588. The van der Waals surface area contributed by atoms with Crippen LogP contribution in [0.1, 0.15) is 54.7 Å². The summed E-state index contributed by atoms with van der Waals surface area (Å²) in [5.41, 5.74) is 0.243. The zero-order valence-electron chi connectivity index (χ0n) is 14.7. The van der Waals surface area contributed by atoms with Crippen LogP contribution in [0.15, 0.2) is 17.7 Å². The molecule has 2 aliphatic carbocycles. The third-order valence-corrected chi connectivity index (χ3v) is 5.26. The van der Waals surface area contributed by atoms with Gasteiger partial charge in [0, 0.05) is 48.0 Å². The van der Waals surface area contributed by atoms with Crippen molar-refractivity contribution < 1.29 is 17.9 Å². The zero-order valence-corrected chi connectivity index (χ0v) is 16.3. The maximum atomic E-state index is 12.6. The maximum Gasteiger partial charge on any atom is 0.258 e. The number of ether oxygens (including phenoxy) is 1. The highest BCUT2D eigenvalue weighted by Gasteiger charge is 2.33. The first-order valence-electron chi connectivity index (χ1n) is 8.58. The van der Waals surface area contributed by atoms with Crippen molar-refractivity contribution in [3.63, 3.8) is 0 Å². The molecule has 0 radical (unpaired) electrons. The number of nitrogens with one attached hydrogen (secondary N) is 1. The summed E-state index contributed by atoms with van der Waals surface area (Å²) in [7, 11) is -3.25. The second-order valence-corrected chi connectivity index (χ2v) is 9.50. The van der Waals surface area contributed by atoms with Gasteiger partial charge in [0.1, 0.15) is 17.5 Å². The topological polar surface area (TPSA) is 98.2 Å². The van der Waals surface area contributed by atoms with Crippen LogP contribution in [-0.4, -0.2) is 48.1 Å². The fourth-order valence-corrected chi connectivity index (χ4v) is 3.43. The predicted octanol–water partition coefficient (Wildman–Crippen LogP) is 2.18. The molecule has 2 fully saturated rings. The van der Waals surface area contributed by atoms with E-state index >= 15 is 0 Å². The molecule has 9 heteroatoms. The van der Waals surface area contributed by atoms with Crippen LogP contribution in [0.3, 0.4) is 0 Å². The number of hydrogen-bond donors (Lipinski definition) is 1. The minimum Gasteiger partial charge on any atom is -0.474 e. The second-order valence-electron chi connectivity index (χ2n) is 6.95. The van der Waals surface area contributed by atoms with E-state index in [1.807, 2.05) is 0 Å². The summed E-state index contributed by atoms with van der Waals surface area (Å²) in [6.07, 6.45) is 7.48. The third kappa shape index (κ3) is 5.17. The van der Waals surface area contributed by atoms with Crippen LogP contribution in [0.2, 0.25) is 0 Å². The van der Waals surface area contributed by atoms with Crippen LogP contribution in [0.4, 0.5) is 0 Å². The van der Waals surface area contributed by atoms with Crippen molar-refractivity contribution >= 4 is 27.3 Å². The van der Waals surface area contributed by atoms with Crippen molar-refractivity contribution in [1.82, 2.24) is 15.3 Å². The number of alkyl halides is 1. The summed E-state index contributed by atoms with van der Waals surface area (Å²) < 4.78 is 28.3. The fourth-order valence-electron chi connectivity index (χ4n) is 2.51. The summed E-state index contributed by atoms with van der Waals surface area (Å²) >= 11 is 6.00. The van der Waals surface area contributed by atoms with Gasteiger partial charge in [0.2, 0.25) is 5.88 Å². The Labute approximate surface area is 158 Å². The van der Waals surface area contributed by atoms with Crippen molar-refractivity contribution in [1.29, 1.82) is 0 Å². The van der Waals surface area contributed by atoms with E-state index in [0.29, 0.717) is 11.7 Å². The molecule has 0 spiro atoms. The lowest BCUT2D eigenvalue weighted by Crippen LogP contribution is -2.36. The highest BCUT2D eigenvalue weighted by molar-refractivity contribution is 7.93. The van der Waals surface area contributed by atoms with Crippen LogP contribution in [0, 0.1) is 0 Å². The molecule has 2 aliphatic rings. The first-order chi connectivity index (χ1) is 12.2. The molecule has 26 heavy (non-hydrogen) atoms. The molecule has 0 saturated heterocycles. The van der Waals surface area contributed by atoms with Gasteiger partial charge < -0.3 is 10.1 Å². The maximum absolute atomic E-state index is 12.6. The lowest BCUT2D eigenvalue weighted by atomic mass is 9.95. The average molecular weight is 400 g/mol. The van der Waals surface area contributed by atoms with Crippen LogP contribution in [0.5, 0.6) is 5.88 Å². The normalized spacial score (nSPS) is 24.1. The van der Waals surface area contributed by atoms with Crippen LogP contribution in [-0.2, 0) is 9.84 Å². The van der Waals surface area contributed by atoms with Gasteiger partial charge in [-0.1, -0.05) is 6.08 Å². The summed E-state index contributed by atoms with van der Waals surface area (Å²) in [6.45, 7) is 1.68. The molecule has 1 N–H and O–H groups in total. The first kappa shape index (κ1) is 19.1. The molecular weight excluding hydrogens is 378 g/mol. The van der Waals surface area contributed by atoms with Gasteiger partial charge in [-0.05, 0) is 19.8 Å². The number of hydrogen-bond acceptors (Lipinski definition) is 6. The Kier molecular flexibility index (Phi) is 5.53. The smallest absolute Gasteiger partial charge is 0.258 e. The van der Waals surface area contributed by atoms with Crippen molar-refractivity contribution in [2.24, 2.45) is 0 Å². The summed E-state index contributed by atoms with van der Waals surface area (Å²) in [5.74, 6) is 0.901. The molecule has 1 amide bonds. The van der Waals surface area contributed by atoms with Crippen molar-refractivity contribution in [3.05, 3.63) is 29.1 Å². The number of halogens is 1. The molecule has 2 saturated carbocycles. The second kappa shape index (κ2) is 7.52. The number of carbonyl (C=O) groups is 1. The number of carbonyl (C=O) groups excluding carboxylic acids is 1. The Morgan fingerprint density at radius 1 is 1.42 bits per heavy atom. The van der Waals surface area contributed by atoms with Gasteiger partial charge in [-0.3, -0.25) is 4.79 Å².